The number of nitrogens with two attached hydrogens (primary N) is 1. The Labute approximate surface area is 175 Å². The Bertz CT molecular complexity index is 855. The molecule has 1 aromatic heterocycles. The molecule has 1 aliphatic rings. The van der Waals surface area contributed by atoms with E-state index in [0.29, 0.717) is 37.2 Å². The fourth-order valence-electron chi connectivity index (χ4n) is 2.96. The minimum atomic E-state index is -1.02. The Balaban J connectivity index is 2.14. The van der Waals surface area contributed by atoms with E-state index in [9.17, 15) is 9.59 Å². The first-order chi connectivity index (χ1) is 13.9. The number of hydrogen-bond acceptors (Lipinski definition) is 5. The summed E-state index contributed by atoms with van der Waals surface area (Å²) in [6.07, 6.45) is 4.29. The van der Waals surface area contributed by atoms with Gasteiger partial charge in [0.15, 0.2) is 0 Å². The molecule has 1 aromatic rings. The van der Waals surface area contributed by atoms with Gasteiger partial charge in [0.1, 0.15) is 5.84 Å². The fraction of sp³-hybridized carbons (Fsp3) is 0.476. The van der Waals surface area contributed by atoms with Crippen LogP contribution in [0.2, 0.25) is 0 Å². The molecule has 0 unspecified atom stereocenters. The number of unbranched alkanes of at least 4 members (excludes halogenated alkanes) is 1. The Kier molecular flexibility index (Phi) is 8.74. The molecule has 0 saturated heterocycles. The number of amidine groups is 1. The van der Waals surface area contributed by atoms with Gasteiger partial charge in [-0.25, -0.2) is 9.79 Å². The summed E-state index contributed by atoms with van der Waals surface area (Å²) in [6, 6.07) is 1.88. The van der Waals surface area contributed by atoms with E-state index in [1.54, 1.807) is 0 Å². The minimum Gasteiger partial charge on any atom is -0.465 e. The number of rotatable bonds is 8. The molecule has 0 aromatic carbocycles. The van der Waals surface area contributed by atoms with Crippen LogP contribution in [0.3, 0.4) is 0 Å². The van der Waals surface area contributed by atoms with Crippen LogP contribution >= 0.6 is 11.3 Å². The van der Waals surface area contributed by atoms with Gasteiger partial charge in [0.05, 0.1) is 15.4 Å². The quantitative estimate of drug-likeness (QED) is 0.445. The smallest absolute Gasteiger partial charge is 0.404 e. The average molecular weight is 417 g/mol. The van der Waals surface area contributed by atoms with E-state index in [1.807, 2.05) is 17.0 Å². The van der Waals surface area contributed by atoms with Crippen LogP contribution in [0.15, 0.2) is 16.6 Å². The first-order valence-electron chi connectivity index (χ1n) is 9.87. The summed E-state index contributed by atoms with van der Waals surface area (Å²) in [4.78, 5) is 31.5. The highest BCUT2D eigenvalue weighted by molar-refractivity contribution is 7.14. The van der Waals surface area contributed by atoms with Gasteiger partial charge in [-0.2, -0.15) is 0 Å². The van der Waals surface area contributed by atoms with Crippen molar-refractivity contribution in [3.8, 4) is 11.8 Å². The Morgan fingerprint density at radius 1 is 1.34 bits per heavy atom. The zero-order valence-electron chi connectivity index (χ0n) is 17.0. The van der Waals surface area contributed by atoms with Crippen molar-refractivity contribution in [2.75, 3.05) is 19.6 Å². The average Bonchev–Trinajstić information content (AvgIpc) is 2.96. The zero-order valence-corrected chi connectivity index (χ0v) is 17.8. The van der Waals surface area contributed by atoms with Crippen molar-refractivity contribution in [3.63, 3.8) is 0 Å². The van der Waals surface area contributed by atoms with Crippen LogP contribution < -0.4 is 11.1 Å². The summed E-state index contributed by atoms with van der Waals surface area (Å²) < 4.78 is 0. The van der Waals surface area contributed by atoms with Gasteiger partial charge in [-0.3, -0.25) is 4.79 Å². The van der Waals surface area contributed by atoms with Crippen molar-refractivity contribution in [1.82, 2.24) is 10.2 Å². The maximum atomic E-state index is 13.0. The molecule has 0 bridgehead atoms. The molecular formula is C21H28N4O3S. The number of carboxylic acid groups (broad SMARTS) is 1. The van der Waals surface area contributed by atoms with Crippen molar-refractivity contribution < 1.29 is 14.7 Å². The molecule has 2 amide bonds. The van der Waals surface area contributed by atoms with Gasteiger partial charge >= 0.3 is 6.09 Å². The molecule has 2 heterocycles. The molecule has 0 fully saturated rings. The number of hydrogen-bond donors (Lipinski definition) is 3. The maximum absolute atomic E-state index is 13.0. The Hall–Kier alpha value is -2.79. The van der Waals surface area contributed by atoms with E-state index in [2.05, 4.69) is 36.0 Å². The van der Waals surface area contributed by atoms with Crippen molar-refractivity contribution in [3.05, 3.63) is 21.4 Å². The van der Waals surface area contributed by atoms with Crippen molar-refractivity contribution in [2.45, 2.75) is 46.0 Å². The third kappa shape index (κ3) is 6.95. The zero-order chi connectivity index (χ0) is 21.2. The van der Waals surface area contributed by atoms with Gasteiger partial charge in [-0.1, -0.05) is 25.7 Å². The van der Waals surface area contributed by atoms with Crippen LogP contribution in [-0.4, -0.2) is 47.5 Å². The summed E-state index contributed by atoms with van der Waals surface area (Å²) in [5.74, 6) is 6.58. The number of thiophene rings is 1. The molecule has 0 atom stereocenters. The lowest BCUT2D eigenvalue weighted by atomic mass is 10.1. The second-order valence-corrected chi connectivity index (χ2v) is 7.82. The summed E-state index contributed by atoms with van der Waals surface area (Å²) in [5, 5.41) is 10.9. The molecule has 0 radical (unpaired) electrons. The van der Waals surface area contributed by atoms with Gasteiger partial charge in [0.2, 0.25) is 5.91 Å². The van der Waals surface area contributed by atoms with Gasteiger partial charge in [-0.15, -0.1) is 11.3 Å². The number of aliphatic imine (C=N–C) groups is 1. The third-order valence-electron chi connectivity index (χ3n) is 4.20. The molecule has 0 saturated carbocycles. The number of fused-ring (bicyclic) bond motifs is 1. The molecule has 29 heavy (non-hydrogen) atoms. The molecule has 156 valence electrons. The highest BCUT2D eigenvalue weighted by Crippen LogP contribution is 2.34. The van der Waals surface area contributed by atoms with E-state index in [4.69, 9.17) is 10.8 Å². The van der Waals surface area contributed by atoms with Gasteiger partial charge < -0.3 is 21.1 Å². The van der Waals surface area contributed by atoms with Crippen LogP contribution in [-0.2, 0) is 4.79 Å². The predicted molar refractivity (Wildman–Crippen MR) is 117 cm³/mol. The van der Waals surface area contributed by atoms with Crippen LogP contribution in [0.4, 0.5) is 10.5 Å². The lowest BCUT2D eigenvalue weighted by Crippen LogP contribution is -2.34. The van der Waals surface area contributed by atoms with Crippen LogP contribution in [0.1, 0.15) is 55.7 Å². The van der Waals surface area contributed by atoms with E-state index < -0.39 is 6.09 Å². The number of carbonyl (C=O) groups is 2. The second kappa shape index (κ2) is 11.3. The fourth-order valence-corrected chi connectivity index (χ4v) is 3.90. The van der Waals surface area contributed by atoms with E-state index in [0.717, 1.165) is 41.4 Å². The SMILES string of the molecule is CCCN(CCC)C(=O)C1=Cc2sc(C#CCCCNC(=O)O)cc2N=C(N)C1. The highest BCUT2D eigenvalue weighted by atomic mass is 32.1. The number of amides is 2. The van der Waals surface area contributed by atoms with Crippen LogP contribution in [0, 0.1) is 11.8 Å². The monoisotopic (exact) mass is 416 g/mol. The number of nitrogens with zero attached hydrogens (tertiary/aromatic N) is 2. The molecule has 7 nitrogen and oxygen atoms in total. The molecule has 4 N–H and O–H groups in total. The normalized spacial score (nSPS) is 12.6. The molecular weight excluding hydrogens is 388 g/mol. The summed E-state index contributed by atoms with van der Waals surface area (Å²) in [6.45, 7) is 5.96. The number of carbonyl (C=O) groups excluding carboxylic acids is 1. The van der Waals surface area contributed by atoms with E-state index in [-0.39, 0.29) is 5.91 Å². The highest BCUT2D eigenvalue weighted by Gasteiger charge is 2.21. The summed E-state index contributed by atoms with van der Waals surface area (Å²) >= 11 is 1.49. The van der Waals surface area contributed by atoms with Crippen molar-refractivity contribution >= 4 is 40.9 Å². The van der Waals surface area contributed by atoms with Crippen molar-refractivity contribution in [1.29, 1.82) is 0 Å². The summed E-state index contributed by atoms with van der Waals surface area (Å²) in [7, 11) is 0. The third-order valence-corrected chi connectivity index (χ3v) is 5.18. The second-order valence-electron chi connectivity index (χ2n) is 6.74. The van der Waals surface area contributed by atoms with E-state index in [1.165, 1.54) is 11.3 Å². The summed E-state index contributed by atoms with van der Waals surface area (Å²) in [5.41, 5.74) is 7.47. The predicted octanol–water partition coefficient (Wildman–Crippen LogP) is 3.57. The molecule has 2 rings (SSSR count). The lowest BCUT2D eigenvalue weighted by Gasteiger charge is -2.22. The molecule has 1 aliphatic heterocycles. The topological polar surface area (TPSA) is 108 Å². The molecule has 0 aliphatic carbocycles. The van der Waals surface area contributed by atoms with Gasteiger partial charge in [0.25, 0.3) is 0 Å². The first kappa shape index (κ1) is 22.5. The molecule has 0 spiro atoms. The van der Waals surface area contributed by atoms with Gasteiger partial charge in [0, 0.05) is 38.0 Å². The molecule has 8 heteroatoms. The lowest BCUT2D eigenvalue weighted by molar-refractivity contribution is -0.127. The van der Waals surface area contributed by atoms with Gasteiger partial charge in [-0.05, 0) is 31.4 Å². The Morgan fingerprint density at radius 2 is 2.07 bits per heavy atom. The number of nitrogens with one attached hydrogen (secondary N) is 1. The minimum absolute atomic E-state index is 0.0201. The largest absolute Gasteiger partial charge is 0.465 e. The standard InChI is InChI=1S/C21H28N4O3S/c1-3-10-25(11-4-2)20(26)15-12-18-17(24-19(22)13-15)14-16(29-18)8-6-5-7-9-23-21(27)28/h12,14,23H,3-5,7,9-11,13H2,1-2H3,(H2,22,24)(H,27,28). The Morgan fingerprint density at radius 3 is 2.72 bits per heavy atom. The first-order valence-corrected chi connectivity index (χ1v) is 10.7. The van der Waals surface area contributed by atoms with Crippen LogP contribution in [0.25, 0.3) is 6.08 Å². The van der Waals surface area contributed by atoms with Crippen molar-refractivity contribution in [2.24, 2.45) is 10.7 Å². The van der Waals surface area contributed by atoms with Crippen LogP contribution in [0.5, 0.6) is 0 Å². The maximum Gasteiger partial charge on any atom is 0.404 e. The van der Waals surface area contributed by atoms with E-state index >= 15 is 0 Å².